The van der Waals surface area contributed by atoms with Crippen LogP contribution < -0.4 is 0 Å². The van der Waals surface area contributed by atoms with Crippen LogP contribution in [0.2, 0.25) is 0 Å². The SMILES string of the molecule is CCOC1CC(O)C12CCN(C(=O)C1CC1c1ccc(F)cc1)CC2. The van der Waals surface area contributed by atoms with Crippen molar-refractivity contribution < 1.29 is 19.0 Å². The summed E-state index contributed by atoms with van der Waals surface area (Å²) in [6.07, 6.45) is 3.05. The summed E-state index contributed by atoms with van der Waals surface area (Å²) < 4.78 is 18.8. The lowest BCUT2D eigenvalue weighted by Gasteiger charge is -2.56. The zero-order valence-corrected chi connectivity index (χ0v) is 14.7. The lowest BCUT2D eigenvalue weighted by Crippen LogP contribution is -2.62. The number of halogens is 1. The molecule has 2 saturated carbocycles. The number of hydrogen-bond donors (Lipinski definition) is 1. The number of aliphatic hydroxyl groups excluding tert-OH is 1. The molecule has 1 heterocycles. The summed E-state index contributed by atoms with van der Waals surface area (Å²) in [6, 6.07) is 6.50. The first-order valence-corrected chi connectivity index (χ1v) is 9.39. The van der Waals surface area contributed by atoms with Gasteiger partial charge in [0.1, 0.15) is 5.82 Å². The van der Waals surface area contributed by atoms with Gasteiger partial charge in [-0.15, -0.1) is 0 Å². The Bertz CT molecular complexity index is 637. The summed E-state index contributed by atoms with van der Waals surface area (Å²) in [4.78, 5) is 14.7. The molecule has 5 heteroatoms. The summed E-state index contributed by atoms with van der Waals surface area (Å²) in [6.45, 7) is 4.06. The van der Waals surface area contributed by atoms with Gasteiger partial charge in [-0.1, -0.05) is 12.1 Å². The molecule has 1 aromatic rings. The van der Waals surface area contributed by atoms with Gasteiger partial charge in [-0.05, 0) is 49.8 Å². The van der Waals surface area contributed by atoms with E-state index in [4.69, 9.17) is 4.74 Å². The van der Waals surface area contributed by atoms with Crippen molar-refractivity contribution in [3.8, 4) is 0 Å². The van der Waals surface area contributed by atoms with E-state index in [1.54, 1.807) is 12.1 Å². The highest BCUT2D eigenvalue weighted by Gasteiger charge is 2.57. The van der Waals surface area contributed by atoms with Gasteiger partial charge in [-0.25, -0.2) is 4.39 Å². The number of hydrogen-bond acceptors (Lipinski definition) is 3. The third kappa shape index (κ3) is 2.87. The summed E-state index contributed by atoms with van der Waals surface area (Å²) in [7, 11) is 0. The van der Waals surface area contributed by atoms with Crippen LogP contribution in [0.3, 0.4) is 0 Å². The van der Waals surface area contributed by atoms with Gasteiger partial charge in [0.25, 0.3) is 0 Å². The molecular formula is C20H26FNO3. The van der Waals surface area contributed by atoms with Gasteiger partial charge >= 0.3 is 0 Å². The molecule has 4 atom stereocenters. The van der Waals surface area contributed by atoms with Crippen molar-refractivity contribution >= 4 is 5.91 Å². The predicted octanol–water partition coefficient (Wildman–Crippen LogP) is 2.71. The van der Waals surface area contributed by atoms with Crippen LogP contribution in [0.4, 0.5) is 4.39 Å². The van der Waals surface area contributed by atoms with E-state index in [1.165, 1.54) is 12.1 Å². The van der Waals surface area contributed by atoms with Crippen molar-refractivity contribution in [3.05, 3.63) is 35.6 Å². The Morgan fingerprint density at radius 2 is 1.96 bits per heavy atom. The molecule has 4 nitrogen and oxygen atoms in total. The number of rotatable bonds is 4. The Labute approximate surface area is 148 Å². The highest BCUT2D eigenvalue weighted by molar-refractivity contribution is 5.83. The number of likely N-dealkylation sites (tertiary alicyclic amines) is 1. The summed E-state index contributed by atoms with van der Waals surface area (Å²) in [5.74, 6) is 0.241. The van der Waals surface area contributed by atoms with Crippen molar-refractivity contribution in [3.63, 3.8) is 0 Å². The fraction of sp³-hybridized carbons (Fsp3) is 0.650. The largest absolute Gasteiger partial charge is 0.392 e. The average Bonchev–Trinajstić information content (AvgIpc) is 3.42. The maximum atomic E-state index is 13.0. The molecular weight excluding hydrogens is 321 g/mol. The fourth-order valence-electron chi connectivity index (χ4n) is 4.74. The van der Waals surface area contributed by atoms with E-state index in [-0.39, 0.29) is 41.2 Å². The minimum Gasteiger partial charge on any atom is -0.392 e. The predicted molar refractivity (Wildman–Crippen MR) is 91.5 cm³/mol. The van der Waals surface area contributed by atoms with Crippen molar-refractivity contribution in [1.29, 1.82) is 0 Å². The first-order valence-electron chi connectivity index (χ1n) is 9.39. The van der Waals surface area contributed by atoms with Crippen LogP contribution in [0.5, 0.6) is 0 Å². The smallest absolute Gasteiger partial charge is 0.226 e. The molecule has 2 aliphatic carbocycles. The van der Waals surface area contributed by atoms with E-state index in [2.05, 4.69) is 0 Å². The number of carbonyl (C=O) groups excluding carboxylic acids is 1. The Kier molecular flexibility index (Phi) is 4.32. The monoisotopic (exact) mass is 347 g/mol. The van der Waals surface area contributed by atoms with Gasteiger partial charge in [-0.2, -0.15) is 0 Å². The van der Waals surface area contributed by atoms with Gasteiger partial charge in [-0.3, -0.25) is 4.79 Å². The van der Waals surface area contributed by atoms with Crippen LogP contribution in [0, 0.1) is 17.2 Å². The van der Waals surface area contributed by atoms with Crippen LogP contribution in [0.1, 0.15) is 44.1 Å². The normalized spacial score (nSPS) is 33.2. The van der Waals surface area contributed by atoms with Gasteiger partial charge < -0.3 is 14.7 Å². The molecule has 4 unspecified atom stereocenters. The lowest BCUT2D eigenvalue weighted by atomic mass is 9.58. The van der Waals surface area contributed by atoms with E-state index >= 15 is 0 Å². The molecule has 1 aliphatic heterocycles. The van der Waals surface area contributed by atoms with Crippen molar-refractivity contribution in [2.45, 2.75) is 50.7 Å². The standard InChI is InChI=1S/C20H26FNO3/c1-2-25-18-12-17(23)20(18)7-9-22(10-8-20)19(24)16-11-15(16)13-3-5-14(21)6-4-13/h3-6,15-18,23H,2,7-12H2,1H3. The molecule has 3 fully saturated rings. The molecule has 136 valence electrons. The van der Waals surface area contributed by atoms with Crippen molar-refractivity contribution in [2.75, 3.05) is 19.7 Å². The summed E-state index contributed by atoms with van der Waals surface area (Å²) >= 11 is 0. The van der Waals surface area contributed by atoms with Gasteiger partial charge in [0.2, 0.25) is 5.91 Å². The molecule has 25 heavy (non-hydrogen) atoms. The van der Waals surface area contributed by atoms with Gasteiger partial charge in [0, 0.05) is 37.5 Å². The first-order chi connectivity index (χ1) is 12.0. The molecule has 1 spiro atoms. The van der Waals surface area contributed by atoms with Crippen LogP contribution >= 0.6 is 0 Å². The van der Waals surface area contributed by atoms with E-state index < -0.39 is 0 Å². The number of nitrogens with zero attached hydrogens (tertiary/aromatic N) is 1. The first kappa shape index (κ1) is 17.0. The molecule has 0 bridgehead atoms. The van der Waals surface area contributed by atoms with Crippen LogP contribution in [0.15, 0.2) is 24.3 Å². The highest BCUT2D eigenvalue weighted by Crippen LogP contribution is 2.53. The van der Waals surface area contributed by atoms with Gasteiger partial charge in [0.05, 0.1) is 12.2 Å². The minimum atomic E-state index is -0.297. The van der Waals surface area contributed by atoms with E-state index in [0.29, 0.717) is 19.7 Å². The molecule has 1 saturated heterocycles. The summed E-state index contributed by atoms with van der Waals surface area (Å²) in [5.41, 5.74) is 0.909. The second-order valence-corrected chi connectivity index (χ2v) is 7.75. The quantitative estimate of drug-likeness (QED) is 0.911. The average molecular weight is 347 g/mol. The number of amides is 1. The van der Waals surface area contributed by atoms with E-state index in [9.17, 15) is 14.3 Å². The third-order valence-corrected chi connectivity index (χ3v) is 6.52. The second kappa shape index (κ2) is 6.36. The van der Waals surface area contributed by atoms with E-state index in [0.717, 1.165) is 31.2 Å². The second-order valence-electron chi connectivity index (χ2n) is 7.75. The zero-order valence-electron chi connectivity index (χ0n) is 14.7. The van der Waals surface area contributed by atoms with Crippen LogP contribution in [0.25, 0.3) is 0 Å². The number of benzene rings is 1. The third-order valence-electron chi connectivity index (χ3n) is 6.52. The Balaban J connectivity index is 1.34. The van der Waals surface area contributed by atoms with Crippen LogP contribution in [-0.4, -0.2) is 47.8 Å². The van der Waals surface area contributed by atoms with Crippen molar-refractivity contribution in [1.82, 2.24) is 4.90 Å². The molecule has 0 aromatic heterocycles. The van der Waals surface area contributed by atoms with E-state index in [1.807, 2.05) is 11.8 Å². The molecule has 0 radical (unpaired) electrons. The Hall–Kier alpha value is -1.46. The van der Waals surface area contributed by atoms with Gasteiger partial charge in [0.15, 0.2) is 0 Å². The Morgan fingerprint density at radius 1 is 1.28 bits per heavy atom. The molecule has 4 rings (SSSR count). The minimum absolute atomic E-state index is 0.0357. The summed E-state index contributed by atoms with van der Waals surface area (Å²) in [5, 5.41) is 10.3. The number of piperidine rings is 1. The molecule has 1 aromatic carbocycles. The topological polar surface area (TPSA) is 49.8 Å². The lowest BCUT2D eigenvalue weighted by molar-refractivity contribution is -0.210. The fourth-order valence-corrected chi connectivity index (χ4v) is 4.74. The zero-order chi connectivity index (χ0) is 17.6. The maximum Gasteiger partial charge on any atom is 0.226 e. The molecule has 1 amide bonds. The molecule has 3 aliphatic rings. The number of aliphatic hydroxyl groups is 1. The maximum absolute atomic E-state index is 13.0. The Morgan fingerprint density at radius 3 is 2.56 bits per heavy atom. The highest BCUT2D eigenvalue weighted by atomic mass is 19.1. The van der Waals surface area contributed by atoms with Crippen molar-refractivity contribution in [2.24, 2.45) is 11.3 Å². The molecule has 1 N–H and O–H groups in total. The van der Waals surface area contributed by atoms with Crippen LogP contribution in [-0.2, 0) is 9.53 Å². The number of ether oxygens (including phenoxy) is 1. The number of carbonyl (C=O) groups is 1.